The Kier molecular flexibility index (Phi) is 28.2. The highest BCUT2D eigenvalue weighted by Gasteiger charge is 2.53. The molecule has 0 rings (SSSR count). The van der Waals surface area contributed by atoms with Crippen LogP contribution in [-0.4, -0.2) is 23.8 Å². The molecule has 0 heterocycles. The Morgan fingerprint density at radius 2 is 1.13 bits per heavy atom. The van der Waals surface area contributed by atoms with Crippen molar-refractivity contribution in [2.24, 2.45) is 5.41 Å². The van der Waals surface area contributed by atoms with Gasteiger partial charge in [-0.15, -0.1) is 0 Å². The third-order valence-electron chi connectivity index (χ3n) is 4.27. The van der Waals surface area contributed by atoms with E-state index in [1.165, 1.54) is 6.92 Å². The van der Waals surface area contributed by atoms with Gasteiger partial charge in [-0.25, -0.2) is 0 Å². The maximum atomic E-state index is 11.2. The lowest BCUT2D eigenvalue weighted by molar-refractivity contribution is -0.206. The van der Waals surface area contributed by atoms with Gasteiger partial charge in [0.05, 0.1) is 5.60 Å². The van der Waals surface area contributed by atoms with E-state index in [1.54, 1.807) is 0 Å². The summed E-state index contributed by atoms with van der Waals surface area (Å²) in [5.74, 6) is -0.248. The molecule has 0 saturated carbocycles. The number of carbonyl (C=O) groups excluding carboxylic acids is 1. The predicted octanol–water partition coefficient (Wildman–Crippen LogP) is 7.38. The molecule has 1 unspecified atom stereocenters. The molecule has 0 spiro atoms. The zero-order chi connectivity index (χ0) is 13.9. The summed E-state index contributed by atoms with van der Waals surface area (Å²) in [4.78, 5) is 11.2. The maximum Gasteiger partial charge on any atom is 0.303 e. The van der Waals surface area contributed by atoms with Crippen molar-refractivity contribution < 1.29 is 14.3 Å². The Bertz CT molecular complexity index is 270. The first kappa shape index (κ1) is 43.3. The minimum absolute atomic E-state index is 0. The lowest BCUT2D eigenvalue weighted by atomic mass is 9.63. The van der Waals surface area contributed by atoms with Gasteiger partial charge in [-0.2, -0.15) is 0 Å². The highest BCUT2D eigenvalue weighted by molar-refractivity contribution is 5.66. The molecular formula is C20H52O3. The van der Waals surface area contributed by atoms with Gasteiger partial charge in [0.1, 0.15) is 5.60 Å². The third-order valence-corrected chi connectivity index (χ3v) is 4.27. The van der Waals surface area contributed by atoms with E-state index >= 15 is 0 Å². The normalized spacial score (nSPS) is 12.2. The number of esters is 1. The van der Waals surface area contributed by atoms with Crippen molar-refractivity contribution in [1.82, 2.24) is 0 Å². The minimum Gasteiger partial charge on any atom is -0.459 e. The smallest absolute Gasteiger partial charge is 0.303 e. The zero-order valence-electron chi connectivity index (χ0n) is 12.6. The van der Waals surface area contributed by atoms with E-state index < -0.39 is 5.60 Å². The Hall–Kier alpha value is -0.570. The van der Waals surface area contributed by atoms with Crippen LogP contribution in [0.2, 0.25) is 0 Å². The molecule has 1 atom stereocenters. The van der Waals surface area contributed by atoms with Crippen molar-refractivity contribution >= 4 is 5.97 Å². The van der Waals surface area contributed by atoms with Crippen molar-refractivity contribution in [2.45, 2.75) is 118 Å². The van der Waals surface area contributed by atoms with E-state index in [1.807, 2.05) is 20.8 Å². The topological polar surface area (TPSA) is 35.5 Å². The van der Waals surface area contributed by atoms with Gasteiger partial charge in [0.25, 0.3) is 0 Å². The van der Waals surface area contributed by atoms with Crippen LogP contribution in [0.25, 0.3) is 0 Å². The largest absolute Gasteiger partial charge is 0.459 e. The van der Waals surface area contributed by atoms with E-state index in [9.17, 15) is 4.79 Å². The van der Waals surface area contributed by atoms with E-state index in [-0.39, 0.29) is 61.5 Å². The monoisotopic (exact) mass is 340 g/mol. The number of hydrogen-bond donors (Lipinski definition) is 0. The average Bonchev–Trinajstić information content (AvgIpc) is 2.13. The molecule has 0 aliphatic rings. The van der Waals surface area contributed by atoms with Crippen LogP contribution >= 0.6 is 0 Å². The van der Waals surface area contributed by atoms with Crippen LogP contribution in [0.3, 0.4) is 0 Å². The second-order valence-electron chi connectivity index (χ2n) is 5.73. The van der Waals surface area contributed by atoms with E-state index in [2.05, 4.69) is 27.7 Å². The summed E-state index contributed by atoms with van der Waals surface area (Å²) in [6, 6.07) is 0. The van der Waals surface area contributed by atoms with Crippen LogP contribution in [0.15, 0.2) is 0 Å². The molecule has 3 nitrogen and oxygen atoms in total. The molecular weight excluding hydrogens is 288 g/mol. The van der Waals surface area contributed by atoms with Crippen LogP contribution in [0.5, 0.6) is 0 Å². The van der Waals surface area contributed by atoms with Gasteiger partial charge in [0.15, 0.2) is 0 Å². The average molecular weight is 341 g/mol. The zero-order valence-corrected chi connectivity index (χ0v) is 12.6. The SMILES string of the molecule is C.C.C.C.C.C.CCOC(C)(C)C(C)(CC)C(C)(C)OC(C)=O. The number of hydrogen-bond acceptors (Lipinski definition) is 3. The summed E-state index contributed by atoms with van der Waals surface area (Å²) < 4.78 is 11.4. The van der Waals surface area contributed by atoms with Gasteiger partial charge in [-0.3, -0.25) is 4.79 Å². The standard InChI is InChI=1S/C14H28O3.6CH4/c1-9-14(8,12(4,5)16-10-2)13(6,7)17-11(3)15;;;;;;/h9-10H2,1-8H3;6*1H4. The first-order valence-corrected chi connectivity index (χ1v) is 6.37. The summed E-state index contributed by atoms with van der Waals surface area (Å²) in [6.07, 6.45) is 0.875. The second-order valence-corrected chi connectivity index (χ2v) is 5.73. The van der Waals surface area contributed by atoms with E-state index in [0.717, 1.165) is 6.42 Å². The molecule has 0 fully saturated rings. The molecule has 150 valence electrons. The van der Waals surface area contributed by atoms with Crippen molar-refractivity contribution in [1.29, 1.82) is 0 Å². The Balaban J connectivity index is -0.0000000853. The second kappa shape index (κ2) is 15.0. The van der Waals surface area contributed by atoms with Gasteiger partial charge >= 0.3 is 5.97 Å². The fourth-order valence-corrected chi connectivity index (χ4v) is 2.57. The molecule has 0 aromatic heterocycles. The van der Waals surface area contributed by atoms with Gasteiger partial charge in [0, 0.05) is 18.9 Å². The molecule has 0 saturated heterocycles. The van der Waals surface area contributed by atoms with Gasteiger partial charge in [-0.05, 0) is 41.0 Å². The predicted molar refractivity (Wildman–Crippen MR) is 110 cm³/mol. The first-order valence-electron chi connectivity index (χ1n) is 6.37. The molecule has 0 aliphatic carbocycles. The molecule has 0 N–H and O–H groups in total. The summed E-state index contributed by atoms with van der Waals surface area (Å²) in [7, 11) is 0. The lowest BCUT2D eigenvalue weighted by Gasteiger charge is -2.52. The fourth-order valence-electron chi connectivity index (χ4n) is 2.57. The minimum atomic E-state index is -0.563. The van der Waals surface area contributed by atoms with Crippen LogP contribution in [0.4, 0.5) is 0 Å². The Morgan fingerprint density at radius 1 is 0.783 bits per heavy atom. The molecule has 0 aromatic rings. The molecule has 0 radical (unpaired) electrons. The van der Waals surface area contributed by atoms with Gasteiger partial charge in [0.2, 0.25) is 0 Å². The van der Waals surface area contributed by atoms with Crippen LogP contribution in [0, 0.1) is 5.41 Å². The van der Waals surface area contributed by atoms with Crippen molar-refractivity contribution in [2.75, 3.05) is 6.61 Å². The fraction of sp³-hybridized carbons (Fsp3) is 0.950. The quantitative estimate of drug-likeness (QED) is 0.473. The number of ether oxygens (including phenoxy) is 2. The molecule has 23 heavy (non-hydrogen) atoms. The summed E-state index contributed by atoms with van der Waals surface area (Å²) in [6.45, 7) is 16.3. The van der Waals surface area contributed by atoms with Crippen LogP contribution < -0.4 is 0 Å². The van der Waals surface area contributed by atoms with Crippen LogP contribution in [-0.2, 0) is 14.3 Å². The number of rotatable bonds is 6. The van der Waals surface area contributed by atoms with Crippen LogP contribution in [0.1, 0.15) is 106 Å². The first-order chi connectivity index (χ1) is 7.54. The van der Waals surface area contributed by atoms with Crippen molar-refractivity contribution in [3.8, 4) is 0 Å². The molecule has 0 amide bonds. The lowest BCUT2D eigenvalue weighted by Crippen LogP contribution is -2.57. The highest BCUT2D eigenvalue weighted by Crippen LogP contribution is 2.47. The Morgan fingerprint density at radius 3 is 1.35 bits per heavy atom. The van der Waals surface area contributed by atoms with E-state index in [4.69, 9.17) is 9.47 Å². The summed E-state index contributed by atoms with van der Waals surface area (Å²) in [5, 5.41) is 0. The van der Waals surface area contributed by atoms with Crippen molar-refractivity contribution in [3.05, 3.63) is 0 Å². The molecule has 0 aromatic carbocycles. The third kappa shape index (κ3) is 9.34. The molecule has 0 aliphatic heterocycles. The van der Waals surface area contributed by atoms with Gasteiger partial charge in [-0.1, -0.05) is 58.4 Å². The van der Waals surface area contributed by atoms with Gasteiger partial charge < -0.3 is 9.47 Å². The van der Waals surface area contributed by atoms with Crippen molar-refractivity contribution in [3.63, 3.8) is 0 Å². The Labute approximate surface area is 150 Å². The summed E-state index contributed by atoms with van der Waals surface area (Å²) >= 11 is 0. The maximum absolute atomic E-state index is 11.2. The molecule has 0 bridgehead atoms. The molecule has 3 heteroatoms. The number of carbonyl (C=O) groups is 1. The van der Waals surface area contributed by atoms with E-state index in [0.29, 0.717) is 6.61 Å². The highest BCUT2D eigenvalue weighted by atomic mass is 16.6. The summed E-state index contributed by atoms with van der Waals surface area (Å²) in [5.41, 5.74) is -1.16.